The molecule has 1 fully saturated rings. The van der Waals surface area contributed by atoms with Crippen LogP contribution in [0.25, 0.3) is 10.9 Å². The molecular formula is C23H25ClN4O4S. The van der Waals surface area contributed by atoms with E-state index in [-0.39, 0.29) is 22.9 Å². The van der Waals surface area contributed by atoms with Crippen LogP contribution >= 0.6 is 11.6 Å². The van der Waals surface area contributed by atoms with E-state index in [0.717, 1.165) is 37.7 Å². The number of hydrogen-bond acceptors (Lipinski definition) is 5. The molecule has 10 heteroatoms. The van der Waals surface area contributed by atoms with E-state index in [1.54, 1.807) is 36.4 Å². The molecule has 4 rings (SSSR count). The Labute approximate surface area is 197 Å². The highest BCUT2D eigenvalue weighted by molar-refractivity contribution is 7.90. The van der Waals surface area contributed by atoms with Crippen molar-refractivity contribution >= 4 is 38.6 Å². The number of carbonyl (C=O) groups excluding carboxylic acids is 1. The number of halogens is 1. The fourth-order valence-corrected chi connectivity index (χ4v) is 5.26. The van der Waals surface area contributed by atoms with Gasteiger partial charge >= 0.3 is 6.03 Å². The van der Waals surface area contributed by atoms with Crippen LogP contribution in [0.4, 0.5) is 4.79 Å². The van der Waals surface area contributed by atoms with Gasteiger partial charge in [-0.2, -0.15) is 0 Å². The van der Waals surface area contributed by atoms with Crippen molar-refractivity contribution in [2.45, 2.75) is 55.0 Å². The van der Waals surface area contributed by atoms with Crippen molar-refractivity contribution in [2.75, 3.05) is 0 Å². The first kappa shape index (κ1) is 23.3. The number of nitrogens with one attached hydrogen (secondary N) is 2. The summed E-state index contributed by atoms with van der Waals surface area (Å²) in [7, 11) is -4.00. The Morgan fingerprint density at radius 1 is 1.09 bits per heavy atom. The first-order chi connectivity index (χ1) is 15.8. The lowest BCUT2D eigenvalue weighted by atomic mass is 9.96. The number of benzene rings is 2. The molecule has 3 aromatic rings. The number of amides is 2. The summed E-state index contributed by atoms with van der Waals surface area (Å²) < 4.78 is 28.5. The molecule has 2 amide bonds. The van der Waals surface area contributed by atoms with Gasteiger partial charge in [0.05, 0.1) is 22.1 Å². The van der Waals surface area contributed by atoms with Crippen molar-refractivity contribution in [2.24, 2.45) is 0 Å². The van der Waals surface area contributed by atoms with Gasteiger partial charge < -0.3 is 5.32 Å². The van der Waals surface area contributed by atoms with Gasteiger partial charge in [0.2, 0.25) is 0 Å². The molecule has 1 saturated carbocycles. The van der Waals surface area contributed by atoms with Crippen LogP contribution in [-0.2, 0) is 16.4 Å². The molecule has 174 valence electrons. The topological polar surface area (TPSA) is 110 Å². The van der Waals surface area contributed by atoms with Crippen LogP contribution in [-0.4, -0.2) is 30.0 Å². The van der Waals surface area contributed by atoms with Crippen molar-refractivity contribution in [3.63, 3.8) is 0 Å². The molecule has 1 aromatic heterocycles. The molecule has 1 aliphatic rings. The number of hydrogen-bond donors (Lipinski definition) is 2. The van der Waals surface area contributed by atoms with Gasteiger partial charge in [-0.3, -0.25) is 9.36 Å². The number of carbonyl (C=O) groups is 1. The summed E-state index contributed by atoms with van der Waals surface area (Å²) in [5, 5.41) is 3.21. The second-order valence-corrected chi connectivity index (χ2v) is 10.4. The standard InChI is InChI=1S/C23H25ClN4O4S/c24-21(28-15-25-20-9-5-4-8-19(20)22(28)29)14-16-10-12-18(13-11-16)33(31,32)27-23(30)26-17-6-2-1-3-7-17/h4-5,8-13,15,17,21H,1-3,6-7,14H2,(H2,26,27,30). The molecule has 2 aromatic carbocycles. The quantitative estimate of drug-likeness (QED) is 0.514. The Bertz CT molecular complexity index is 1300. The van der Waals surface area contributed by atoms with Gasteiger partial charge in [0.1, 0.15) is 5.50 Å². The predicted molar refractivity (Wildman–Crippen MR) is 127 cm³/mol. The zero-order chi connectivity index (χ0) is 23.4. The maximum Gasteiger partial charge on any atom is 0.328 e. The Balaban J connectivity index is 1.42. The Morgan fingerprint density at radius 2 is 1.79 bits per heavy atom. The van der Waals surface area contributed by atoms with Crippen LogP contribution in [0.5, 0.6) is 0 Å². The molecule has 0 aliphatic heterocycles. The van der Waals surface area contributed by atoms with E-state index in [0.29, 0.717) is 10.9 Å². The number of alkyl halides is 1. The molecule has 0 bridgehead atoms. The molecule has 0 spiro atoms. The van der Waals surface area contributed by atoms with Crippen LogP contribution in [0.1, 0.15) is 43.2 Å². The van der Waals surface area contributed by atoms with E-state index in [1.165, 1.54) is 23.0 Å². The first-order valence-corrected chi connectivity index (χ1v) is 12.8. The summed E-state index contributed by atoms with van der Waals surface area (Å²) in [4.78, 5) is 29.1. The molecule has 0 saturated heterocycles. The van der Waals surface area contributed by atoms with E-state index in [9.17, 15) is 18.0 Å². The van der Waals surface area contributed by atoms with Crippen LogP contribution in [0.15, 0.2) is 64.5 Å². The number of sulfonamides is 1. The van der Waals surface area contributed by atoms with Crippen molar-refractivity contribution in [1.82, 2.24) is 19.6 Å². The van der Waals surface area contributed by atoms with Crippen molar-refractivity contribution in [1.29, 1.82) is 0 Å². The SMILES string of the molecule is O=C(NC1CCCCC1)NS(=O)(=O)c1ccc(CC(Cl)n2cnc3ccccc3c2=O)cc1. The highest BCUT2D eigenvalue weighted by Gasteiger charge is 2.21. The summed E-state index contributed by atoms with van der Waals surface area (Å²) in [6.45, 7) is 0. The smallest absolute Gasteiger partial charge is 0.328 e. The van der Waals surface area contributed by atoms with Gasteiger partial charge in [-0.25, -0.2) is 22.9 Å². The van der Waals surface area contributed by atoms with E-state index < -0.39 is 21.6 Å². The van der Waals surface area contributed by atoms with Gasteiger partial charge in [0, 0.05) is 12.5 Å². The predicted octanol–water partition coefficient (Wildman–Crippen LogP) is 3.70. The third-order valence-corrected chi connectivity index (χ3v) is 7.51. The second kappa shape index (κ2) is 9.93. The number of aromatic nitrogens is 2. The maximum atomic E-state index is 12.7. The number of fused-ring (bicyclic) bond motifs is 1. The van der Waals surface area contributed by atoms with Gasteiger partial charge in [0.25, 0.3) is 15.6 Å². The molecule has 8 nitrogen and oxygen atoms in total. The number of urea groups is 1. The minimum atomic E-state index is -4.00. The minimum Gasteiger partial charge on any atom is -0.335 e. The van der Waals surface area contributed by atoms with Crippen LogP contribution in [0.2, 0.25) is 0 Å². The number of para-hydroxylation sites is 1. The average Bonchev–Trinajstić information content (AvgIpc) is 2.80. The monoisotopic (exact) mass is 488 g/mol. The molecule has 0 radical (unpaired) electrons. The van der Waals surface area contributed by atoms with Crippen LogP contribution < -0.4 is 15.6 Å². The molecule has 1 heterocycles. The van der Waals surface area contributed by atoms with Gasteiger partial charge in [-0.05, 0) is 42.7 Å². The summed E-state index contributed by atoms with van der Waals surface area (Å²) in [6.07, 6.45) is 6.62. The Kier molecular flexibility index (Phi) is 6.99. The highest BCUT2D eigenvalue weighted by Crippen LogP contribution is 2.20. The van der Waals surface area contributed by atoms with Gasteiger partial charge in [0.15, 0.2) is 0 Å². The fourth-order valence-electron chi connectivity index (χ4n) is 4.02. The fraction of sp³-hybridized carbons (Fsp3) is 0.348. The van der Waals surface area contributed by atoms with Gasteiger partial charge in [-0.1, -0.05) is 55.1 Å². The number of rotatable bonds is 6. The first-order valence-electron chi connectivity index (χ1n) is 10.9. The lowest BCUT2D eigenvalue weighted by molar-refractivity contribution is 0.237. The average molecular weight is 489 g/mol. The summed E-state index contributed by atoms with van der Waals surface area (Å²) in [5.41, 5.74) is 0.391. The van der Waals surface area contributed by atoms with Crippen molar-refractivity contribution in [3.05, 3.63) is 70.8 Å². The van der Waals surface area contributed by atoms with Crippen LogP contribution in [0.3, 0.4) is 0 Å². The van der Waals surface area contributed by atoms with Gasteiger partial charge in [-0.15, -0.1) is 0 Å². The van der Waals surface area contributed by atoms with Crippen molar-refractivity contribution < 1.29 is 13.2 Å². The molecule has 33 heavy (non-hydrogen) atoms. The highest BCUT2D eigenvalue weighted by atomic mass is 35.5. The van der Waals surface area contributed by atoms with Crippen molar-refractivity contribution in [3.8, 4) is 0 Å². The van der Waals surface area contributed by atoms with E-state index in [1.807, 2.05) is 0 Å². The third-order valence-electron chi connectivity index (χ3n) is 5.80. The second-order valence-electron chi connectivity index (χ2n) is 8.17. The normalized spacial score (nSPS) is 15.8. The summed E-state index contributed by atoms with van der Waals surface area (Å²) >= 11 is 6.48. The van der Waals surface area contributed by atoms with E-state index in [2.05, 4.69) is 15.0 Å². The van der Waals surface area contributed by atoms with E-state index >= 15 is 0 Å². The largest absolute Gasteiger partial charge is 0.335 e. The zero-order valence-electron chi connectivity index (χ0n) is 17.9. The summed E-state index contributed by atoms with van der Waals surface area (Å²) in [5.74, 6) is 0. The Hall–Kier alpha value is -2.91. The molecule has 1 atom stereocenters. The minimum absolute atomic E-state index is 0.00461. The summed E-state index contributed by atoms with van der Waals surface area (Å²) in [6, 6.07) is 12.4. The third kappa shape index (κ3) is 5.54. The molecule has 1 unspecified atom stereocenters. The zero-order valence-corrected chi connectivity index (χ0v) is 19.5. The maximum absolute atomic E-state index is 12.7. The molecule has 2 N–H and O–H groups in total. The van der Waals surface area contributed by atoms with E-state index in [4.69, 9.17) is 11.6 Å². The Morgan fingerprint density at radius 3 is 2.52 bits per heavy atom. The number of nitrogens with zero attached hydrogens (tertiary/aromatic N) is 2. The molecule has 1 aliphatic carbocycles. The molecular weight excluding hydrogens is 464 g/mol. The van der Waals surface area contributed by atoms with Crippen LogP contribution in [0, 0.1) is 0 Å². The lowest BCUT2D eigenvalue weighted by Gasteiger charge is -2.22. The lowest BCUT2D eigenvalue weighted by Crippen LogP contribution is -2.45.